The Morgan fingerprint density at radius 2 is 1.83 bits per heavy atom. The molecule has 5 heteroatoms. The maximum absolute atomic E-state index is 11.8. The number of methoxy groups -OCH3 is 1. The standard InChI is InChI=1S/C13H16N2O3/c1-14-8-10(15(2)13(17)12(14)16)9-6-4-5-7-11(9)18-3/h4-7,10H,8H2,1-3H3. The molecule has 0 bridgehead atoms. The normalized spacial score (nSPS) is 20.3. The number of benzene rings is 1. The van der Waals surface area contributed by atoms with Crippen LogP contribution in [-0.2, 0) is 9.59 Å². The Balaban J connectivity index is 2.38. The number of piperazine rings is 1. The third-order valence-electron chi connectivity index (χ3n) is 3.26. The zero-order valence-electron chi connectivity index (χ0n) is 10.7. The maximum atomic E-state index is 11.8. The molecule has 1 atom stereocenters. The van der Waals surface area contributed by atoms with Gasteiger partial charge >= 0.3 is 11.8 Å². The average Bonchev–Trinajstić information content (AvgIpc) is 2.40. The van der Waals surface area contributed by atoms with Crippen molar-refractivity contribution in [3.63, 3.8) is 0 Å². The number of hydrogen-bond donors (Lipinski definition) is 0. The van der Waals surface area contributed by atoms with Crippen LogP contribution in [-0.4, -0.2) is 49.4 Å². The van der Waals surface area contributed by atoms with Crippen LogP contribution >= 0.6 is 0 Å². The molecule has 1 unspecified atom stereocenters. The van der Waals surface area contributed by atoms with E-state index in [1.165, 1.54) is 9.80 Å². The number of ether oxygens (including phenoxy) is 1. The number of carbonyl (C=O) groups excluding carboxylic acids is 2. The summed E-state index contributed by atoms with van der Waals surface area (Å²) < 4.78 is 5.30. The van der Waals surface area contributed by atoms with Crippen LogP contribution in [0.5, 0.6) is 5.75 Å². The number of hydrogen-bond acceptors (Lipinski definition) is 3. The van der Waals surface area contributed by atoms with Crippen molar-refractivity contribution in [3.8, 4) is 5.75 Å². The first-order chi connectivity index (χ1) is 8.56. The molecule has 1 aliphatic heterocycles. The molecule has 0 radical (unpaired) electrons. The topological polar surface area (TPSA) is 49.9 Å². The number of para-hydroxylation sites is 1. The van der Waals surface area contributed by atoms with Crippen LogP contribution in [0.3, 0.4) is 0 Å². The van der Waals surface area contributed by atoms with Crippen LogP contribution in [0, 0.1) is 0 Å². The highest BCUT2D eigenvalue weighted by atomic mass is 16.5. The molecule has 5 nitrogen and oxygen atoms in total. The van der Waals surface area contributed by atoms with E-state index < -0.39 is 11.8 Å². The van der Waals surface area contributed by atoms with E-state index in [2.05, 4.69) is 0 Å². The van der Waals surface area contributed by atoms with Crippen LogP contribution in [0.4, 0.5) is 0 Å². The zero-order valence-corrected chi connectivity index (χ0v) is 10.7. The lowest BCUT2D eigenvalue weighted by atomic mass is 10.0. The molecule has 0 N–H and O–H groups in total. The molecule has 1 aromatic rings. The third-order valence-corrected chi connectivity index (χ3v) is 3.26. The van der Waals surface area contributed by atoms with E-state index in [-0.39, 0.29) is 6.04 Å². The van der Waals surface area contributed by atoms with Gasteiger partial charge in [-0.2, -0.15) is 0 Å². The highest BCUT2D eigenvalue weighted by Crippen LogP contribution is 2.31. The highest BCUT2D eigenvalue weighted by Gasteiger charge is 2.36. The first-order valence-electron chi connectivity index (χ1n) is 5.71. The average molecular weight is 248 g/mol. The van der Waals surface area contributed by atoms with Gasteiger partial charge in [0.25, 0.3) is 0 Å². The van der Waals surface area contributed by atoms with E-state index in [1.54, 1.807) is 21.2 Å². The fourth-order valence-electron chi connectivity index (χ4n) is 2.17. The first-order valence-corrected chi connectivity index (χ1v) is 5.71. The second kappa shape index (κ2) is 4.68. The van der Waals surface area contributed by atoms with Gasteiger partial charge in [0.15, 0.2) is 0 Å². The lowest BCUT2D eigenvalue weighted by Gasteiger charge is -2.37. The van der Waals surface area contributed by atoms with Gasteiger partial charge in [0, 0.05) is 26.2 Å². The summed E-state index contributed by atoms with van der Waals surface area (Å²) in [5.41, 5.74) is 0.912. The van der Waals surface area contributed by atoms with Crippen molar-refractivity contribution < 1.29 is 14.3 Å². The molecule has 0 spiro atoms. The Kier molecular flexibility index (Phi) is 3.23. The van der Waals surface area contributed by atoms with Crippen LogP contribution in [0.1, 0.15) is 11.6 Å². The predicted octanol–water partition coefficient (Wildman–Crippen LogP) is 0.667. The predicted molar refractivity (Wildman–Crippen MR) is 66.1 cm³/mol. The van der Waals surface area contributed by atoms with E-state index in [9.17, 15) is 9.59 Å². The lowest BCUT2D eigenvalue weighted by Crippen LogP contribution is -2.52. The molecule has 0 aliphatic carbocycles. The Morgan fingerprint density at radius 1 is 1.17 bits per heavy atom. The summed E-state index contributed by atoms with van der Waals surface area (Å²) in [6.45, 7) is 0.474. The van der Waals surface area contributed by atoms with Crippen LogP contribution in [0.2, 0.25) is 0 Å². The minimum absolute atomic E-state index is 0.170. The summed E-state index contributed by atoms with van der Waals surface area (Å²) in [6.07, 6.45) is 0. The summed E-state index contributed by atoms with van der Waals surface area (Å²) in [7, 11) is 4.87. The van der Waals surface area contributed by atoms with Gasteiger partial charge in [-0.25, -0.2) is 0 Å². The Bertz CT molecular complexity index is 487. The van der Waals surface area contributed by atoms with Crippen LogP contribution in [0.15, 0.2) is 24.3 Å². The third kappa shape index (κ3) is 1.92. The van der Waals surface area contributed by atoms with Crippen molar-refractivity contribution in [2.24, 2.45) is 0 Å². The minimum atomic E-state index is -0.486. The van der Waals surface area contributed by atoms with Crippen LogP contribution in [0.25, 0.3) is 0 Å². The molecule has 2 rings (SSSR count). The summed E-state index contributed by atoms with van der Waals surface area (Å²) in [5, 5.41) is 0. The SMILES string of the molecule is COc1ccccc1C1CN(C)C(=O)C(=O)N1C. The van der Waals surface area contributed by atoms with Crippen LogP contribution < -0.4 is 4.74 Å². The fraction of sp³-hybridized carbons (Fsp3) is 0.385. The molecule has 1 aromatic carbocycles. The molecule has 1 fully saturated rings. The monoisotopic (exact) mass is 248 g/mol. The van der Waals surface area contributed by atoms with E-state index in [4.69, 9.17) is 4.74 Å². The van der Waals surface area contributed by atoms with E-state index >= 15 is 0 Å². The smallest absolute Gasteiger partial charge is 0.312 e. The summed E-state index contributed by atoms with van der Waals surface area (Å²) in [5.74, 6) is -0.229. The van der Waals surface area contributed by atoms with Gasteiger partial charge < -0.3 is 14.5 Å². The molecule has 0 saturated carbocycles. The molecule has 1 heterocycles. The second-order valence-corrected chi connectivity index (χ2v) is 4.36. The molecular formula is C13H16N2O3. The molecule has 1 saturated heterocycles. The van der Waals surface area contributed by atoms with Gasteiger partial charge in [-0.3, -0.25) is 9.59 Å². The van der Waals surface area contributed by atoms with E-state index in [0.717, 1.165) is 11.3 Å². The number of amides is 2. The molecule has 96 valence electrons. The maximum Gasteiger partial charge on any atom is 0.312 e. The molecule has 18 heavy (non-hydrogen) atoms. The minimum Gasteiger partial charge on any atom is -0.496 e. The fourth-order valence-corrected chi connectivity index (χ4v) is 2.17. The van der Waals surface area contributed by atoms with Gasteiger partial charge in [0.1, 0.15) is 5.75 Å². The van der Waals surface area contributed by atoms with Crippen molar-refractivity contribution in [1.29, 1.82) is 0 Å². The summed E-state index contributed by atoms with van der Waals surface area (Å²) in [4.78, 5) is 26.3. The van der Waals surface area contributed by atoms with Crippen molar-refractivity contribution in [2.75, 3.05) is 27.7 Å². The first kappa shape index (κ1) is 12.4. The van der Waals surface area contributed by atoms with Gasteiger partial charge in [-0.15, -0.1) is 0 Å². The highest BCUT2D eigenvalue weighted by molar-refractivity contribution is 6.35. The number of likely N-dealkylation sites (N-methyl/N-ethyl adjacent to an activating group) is 2. The Labute approximate surface area is 106 Å². The van der Waals surface area contributed by atoms with E-state index in [0.29, 0.717) is 6.54 Å². The lowest BCUT2D eigenvalue weighted by molar-refractivity contribution is -0.156. The molecule has 1 aliphatic rings. The van der Waals surface area contributed by atoms with Crippen molar-refractivity contribution in [1.82, 2.24) is 9.80 Å². The van der Waals surface area contributed by atoms with Crippen molar-refractivity contribution in [3.05, 3.63) is 29.8 Å². The summed E-state index contributed by atoms with van der Waals surface area (Å²) >= 11 is 0. The van der Waals surface area contributed by atoms with Gasteiger partial charge in [0.2, 0.25) is 0 Å². The van der Waals surface area contributed by atoms with Gasteiger partial charge in [-0.1, -0.05) is 18.2 Å². The Hall–Kier alpha value is -2.04. The zero-order chi connectivity index (χ0) is 13.3. The Morgan fingerprint density at radius 3 is 2.50 bits per heavy atom. The van der Waals surface area contributed by atoms with Gasteiger partial charge in [-0.05, 0) is 6.07 Å². The van der Waals surface area contributed by atoms with Gasteiger partial charge in [0.05, 0.1) is 13.2 Å². The number of carbonyl (C=O) groups is 2. The number of rotatable bonds is 2. The summed E-state index contributed by atoms with van der Waals surface area (Å²) in [6, 6.07) is 7.37. The quantitative estimate of drug-likeness (QED) is 0.723. The van der Waals surface area contributed by atoms with E-state index in [1.807, 2.05) is 24.3 Å². The largest absolute Gasteiger partial charge is 0.496 e. The number of nitrogens with zero attached hydrogens (tertiary/aromatic N) is 2. The molecule has 2 amide bonds. The van der Waals surface area contributed by atoms with Crippen molar-refractivity contribution >= 4 is 11.8 Å². The molecular weight excluding hydrogens is 232 g/mol. The van der Waals surface area contributed by atoms with Crippen molar-refractivity contribution in [2.45, 2.75) is 6.04 Å². The second-order valence-electron chi connectivity index (χ2n) is 4.36. The molecule has 0 aromatic heterocycles.